The van der Waals surface area contributed by atoms with Crippen LogP contribution in [0.15, 0.2) is 42.5 Å². The topological polar surface area (TPSA) is 35.5 Å². The Hall–Kier alpha value is -1.55. The third kappa shape index (κ3) is 4.85. The Kier molecular flexibility index (Phi) is 6.52. The molecule has 0 aliphatic rings. The minimum Gasteiger partial charge on any atom is -0.543 e. The van der Waals surface area contributed by atoms with Crippen molar-refractivity contribution in [1.29, 1.82) is 0 Å². The molecule has 20 heavy (non-hydrogen) atoms. The van der Waals surface area contributed by atoms with Crippen molar-refractivity contribution in [3.8, 4) is 5.75 Å². The maximum Gasteiger partial charge on any atom is 0.333 e. The van der Waals surface area contributed by atoms with Gasteiger partial charge in [0.25, 0.3) is 8.32 Å². The molecule has 3 nitrogen and oxygen atoms in total. The molecule has 1 aromatic rings. The largest absolute Gasteiger partial charge is 0.543 e. The monoisotopic (exact) mass is 292 g/mol. The van der Waals surface area contributed by atoms with Crippen molar-refractivity contribution in [2.75, 3.05) is 6.61 Å². The second-order valence-electron chi connectivity index (χ2n) is 4.97. The molecule has 0 unspecified atom stereocenters. The lowest BCUT2D eigenvalue weighted by Crippen LogP contribution is -2.41. The maximum atomic E-state index is 11.4. The van der Waals surface area contributed by atoms with E-state index < -0.39 is 8.32 Å². The lowest BCUT2D eigenvalue weighted by Gasteiger charge is -2.30. The van der Waals surface area contributed by atoms with Gasteiger partial charge in [-0.15, -0.1) is 0 Å². The molecule has 0 saturated carbocycles. The molecular weight excluding hydrogens is 268 g/mol. The molecule has 1 aromatic carbocycles. The van der Waals surface area contributed by atoms with Crippen LogP contribution in [0.1, 0.15) is 20.8 Å². The fourth-order valence-corrected chi connectivity index (χ4v) is 4.70. The molecule has 0 aliphatic heterocycles. The molecular formula is C16H24O3Si. The molecule has 0 heterocycles. The van der Waals surface area contributed by atoms with Gasteiger partial charge < -0.3 is 9.16 Å². The van der Waals surface area contributed by atoms with E-state index >= 15 is 0 Å². The van der Waals surface area contributed by atoms with Crippen LogP contribution < -0.4 is 4.43 Å². The van der Waals surface area contributed by atoms with E-state index in [0.29, 0.717) is 12.2 Å². The van der Waals surface area contributed by atoms with Crippen LogP contribution in [0.4, 0.5) is 0 Å². The van der Waals surface area contributed by atoms with Gasteiger partial charge in [0.2, 0.25) is 0 Å². The Balaban J connectivity index is 2.62. The van der Waals surface area contributed by atoms with Crippen LogP contribution in [0.25, 0.3) is 0 Å². The summed E-state index contributed by atoms with van der Waals surface area (Å²) < 4.78 is 11.5. The number of para-hydroxylation sites is 1. The first-order valence-corrected chi connectivity index (χ1v) is 9.62. The van der Waals surface area contributed by atoms with E-state index in [4.69, 9.17) is 9.16 Å². The average Bonchev–Trinajstić information content (AvgIpc) is 2.47. The molecule has 0 bridgehead atoms. The summed E-state index contributed by atoms with van der Waals surface area (Å²) in [6.45, 7) is 9.96. The van der Waals surface area contributed by atoms with Crippen LogP contribution in [0.2, 0.25) is 18.1 Å². The third-order valence-corrected chi connectivity index (χ3v) is 7.87. The molecule has 0 fully saturated rings. The molecule has 110 valence electrons. The van der Waals surface area contributed by atoms with E-state index in [9.17, 15) is 4.79 Å². The SMILES string of the molecule is C=C(C)C(=O)OCC[Si](CC)(CC)Oc1ccccc1. The van der Waals surface area contributed by atoms with Gasteiger partial charge in [-0.05, 0) is 31.1 Å². The fourth-order valence-electron chi connectivity index (χ4n) is 1.99. The second kappa shape index (κ2) is 7.90. The smallest absolute Gasteiger partial charge is 0.333 e. The van der Waals surface area contributed by atoms with Gasteiger partial charge in [-0.2, -0.15) is 0 Å². The minimum atomic E-state index is -1.89. The first-order chi connectivity index (χ1) is 9.53. The standard InChI is InChI=1S/C16H24O3Si/c1-5-20(6-2,13-12-18-16(17)14(3)4)19-15-10-8-7-9-11-15/h7-11H,3,5-6,12-13H2,1-2,4H3. The lowest BCUT2D eigenvalue weighted by atomic mass is 10.3. The number of carbonyl (C=O) groups excluding carboxylic acids is 1. The first kappa shape index (κ1) is 16.5. The molecule has 0 N–H and O–H groups in total. The zero-order chi connectivity index (χ0) is 15.0. The normalized spacial score (nSPS) is 10.9. The highest BCUT2D eigenvalue weighted by molar-refractivity contribution is 6.74. The number of esters is 1. The third-order valence-electron chi connectivity index (χ3n) is 3.51. The Morgan fingerprint density at radius 3 is 2.30 bits per heavy atom. The Bertz CT molecular complexity index is 438. The molecule has 0 radical (unpaired) electrons. The summed E-state index contributed by atoms with van der Waals surface area (Å²) >= 11 is 0. The van der Waals surface area contributed by atoms with E-state index in [-0.39, 0.29) is 5.97 Å². The zero-order valence-electron chi connectivity index (χ0n) is 12.6. The van der Waals surface area contributed by atoms with Gasteiger partial charge in [-0.25, -0.2) is 4.79 Å². The number of carbonyl (C=O) groups is 1. The molecule has 0 amide bonds. The van der Waals surface area contributed by atoms with Crippen molar-refractivity contribution in [2.24, 2.45) is 0 Å². The van der Waals surface area contributed by atoms with Crippen molar-refractivity contribution in [3.63, 3.8) is 0 Å². The van der Waals surface area contributed by atoms with Gasteiger partial charge in [-0.1, -0.05) is 38.6 Å². The van der Waals surface area contributed by atoms with Gasteiger partial charge >= 0.3 is 5.97 Å². The Morgan fingerprint density at radius 1 is 1.20 bits per heavy atom. The van der Waals surface area contributed by atoms with E-state index in [1.807, 2.05) is 30.3 Å². The number of rotatable bonds is 8. The van der Waals surface area contributed by atoms with Gasteiger partial charge in [0, 0.05) is 11.6 Å². The molecule has 0 aliphatic carbocycles. The van der Waals surface area contributed by atoms with Crippen LogP contribution in [0.5, 0.6) is 5.75 Å². The molecule has 0 saturated heterocycles. The predicted molar refractivity (Wildman–Crippen MR) is 84.4 cm³/mol. The van der Waals surface area contributed by atoms with Gasteiger partial charge in [-0.3, -0.25) is 0 Å². The van der Waals surface area contributed by atoms with Gasteiger partial charge in [0.15, 0.2) is 0 Å². The lowest BCUT2D eigenvalue weighted by molar-refractivity contribution is -0.138. The number of hydrogen-bond acceptors (Lipinski definition) is 3. The number of ether oxygens (including phenoxy) is 1. The molecule has 0 aromatic heterocycles. The molecule has 1 rings (SSSR count). The summed E-state index contributed by atoms with van der Waals surface area (Å²) in [6.07, 6.45) is 0. The van der Waals surface area contributed by atoms with Crippen LogP contribution in [0, 0.1) is 0 Å². The summed E-state index contributed by atoms with van der Waals surface area (Å²) in [5.41, 5.74) is 0.439. The summed E-state index contributed by atoms with van der Waals surface area (Å²) in [5.74, 6) is 0.592. The van der Waals surface area contributed by atoms with Gasteiger partial charge in [0.1, 0.15) is 5.75 Å². The van der Waals surface area contributed by atoms with Crippen molar-refractivity contribution in [1.82, 2.24) is 0 Å². The summed E-state index contributed by atoms with van der Waals surface area (Å²) in [5, 5.41) is 0. The summed E-state index contributed by atoms with van der Waals surface area (Å²) in [6, 6.07) is 12.7. The minimum absolute atomic E-state index is 0.320. The van der Waals surface area contributed by atoms with Crippen molar-refractivity contribution in [3.05, 3.63) is 42.5 Å². The summed E-state index contributed by atoms with van der Waals surface area (Å²) in [4.78, 5) is 11.4. The number of benzene rings is 1. The predicted octanol–water partition coefficient (Wildman–Crippen LogP) is 4.17. The van der Waals surface area contributed by atoms with Crippen LogP contribution in [-0.2, 0) is 9.53 Å². The quantitative estimate of drug-likeness (QED) is 0.410. The van der Waals surface area contributed by atoms with E-state index in [1.165, 1.54) is 0 Å². The average molecular weight is 292 g/mol. The highest BCUT2D eigenvalue weighted by Gasteiger charge is 2.33. The van der Waals surface area contributed by atoms with Crippen LogP contribution in [-0.4, -0.2) is 20.9 Å². The molecule has 4 heteroatoms. The fraction of sp³-hybridized carbons (Fsp3) is 0.438. The van der Waals surface area contributed by atoms with Crippen LogP contribution in [0.3, 0.4) is 0 Å². The molecule has 0 atom stereocenters. The Labute approximate surface area is 122 Å². The number of hydrogen-bond donors (Lipinski definition) is 0. The highest BCUT2D eigenvalue weighted by atomic mass is 28.4. The first-order valence-electron chi connectivity index (χ1n) is 7.09. The Morgan fingerprint density at radius 2 is 1.80 bits per heavy atom. The van der Waals surface area contributed by atoms with E-state index in [1.54, 1.807) is 6.92 Å². The van der Waals surface area contributed by atoms with E-state index in [0.717, 1.165) is 23.9 Å². The maximum absolute atomic E-state index is 11.4. The zero-order valence-corrected chi connectivity index (χ0v) is 13.6. The van der Waals surface area contributed by atoms with E-state index in [2.05, 4.69) is 20.4 Å². The second-order valence-corrected chi connectivity index (χ2v) is 9.46. The van der Waals surface area contributed by atoms with Gasteiger partial charge in [0.05, 0.1) is 6.61 Å². The molecule has 0 spiro atoms. The van der Waals surface area contributed by atoms with Crippen LogP contribution >= 0.6 is 0 Å². The summed E-state index contributed by atoms with van der Waals surface area (Å²) in [7, 11) is -1.89. The van der Waals surface area contributed by atoms with Crippen molar-refractivity contribution < 1.29 is 14.0 Å². The highest BCUT2D eigenvalue weighted by Crippen LogP contribution is 2.25. The van der Waals surface area contributed by atoms with Crippen molar-refractivity contribution >= 4 is 14.3 Å². The van der Waals surface area contributed by atoms with Crippen molar-refractivity contribution in [2.45, 2.75) is 38.9 Å².